The lowest BCUT2D eigenvalue weighted by molar-refractivity contribution is -0.137. The largest absolute Gasteiger partial charge is 0.489 e. The Labute approximate surface area is 180 Å². The maximum absolute atomic E-state index is 13.0. The van der Waals surface area contributed by atoms with E-state index in [9.17, 15) is 22.8 Å². The molecule has 31 heavy (non-hydrogen) atoms. The molecule has 0 aliphatic carbocycles. The molecular weight excluding hydrogens is 433 g/mol. The number of carbonyl (C=O) groups excluding carboxylic acids is 2. The molecule has 9 heteroatoms. The van der Waals surface area contributed by atoms with E-state index in [0.717, 1.165) is 17.7 Å². The Morgan fingerprint density at radius 2 is 1.45 bits per heavy atom. The number of carbonyl (C=O) groups is 2. The van der Waals surface area contributed by atoms with Gasteiger partial charge in [-0.25, -0.2) is 0 Å². The predicted octanol–water partition coefficient (Wildman–Crippen LogP) is 5.01. The van der Waals surface area contributed by atoms with Gasteiger partial charge in [0.15, 0.2) is 0 Å². The topological polar surface area (TPSA) is 67.4 Å². The number of amides is 2. The summed E-state index contributed by atoms with van der Waals surface area (Å²) in [7, 11) is 0. The van der Waals surface area contributed by atoms with Crippen molar-refractivity contribution in [3.05, 3.63) is 100 Å². The predicted molar refractivity (Wildman–Crippen MR) is 109 cm³/mol. The van der Waals surface area contributed by atoms with Gasteiger partial charge in [0, 0.05) is 10.6 Å². The molecule has 0 aliphatic rings. The van der Waals surface area contributed by atoms with Gasteiger partial charge in [0.1, 0.15) is 12.4 Å². The zero-order chi connectivity index (χ0) is 22.4. The monoisotopic (exact) mass is 448 g/mol. The van der Waals surface area contributed by atoms with Crippen LogP contribution in [0.15, 0.2) is 72.8 Å². The SMILES string of the molecule is O=C(NNC(=O)c1ccccc1C(F)(F)F)c1ccc(COc2ccc(Cl)cc2)cc1. The Morgan fingerprint density at radius 3 is 2.10 bits per heavy atom. The third-order valence-corrected chi connectivity index (χ3v) is 4.45. The van der Waals surface area contributed by atoms with Crippen molar-refractivity contribution in [2.75, 3.05) is 0 Å². The number of ether oxygens (including phenoxy) is 1. The van der Waals surface area contributed by atoms with Crippen LogP contribution in [0.1, 0.15) is 31.8 Å². The molecule has 0 heterocycles. The van der Waals surface area contributed by atoms with Crippen LogP contribution in [0.25, 0.3) is 0 Å². The highest BCUT2D eigenvalue weighted by Crippen LogP contribution is 2.31. The summed E-state index contributed by atoms with van der Waals surface area (Å²) in [5.74, 6) is -1.12. The fraction of sp³-hybridized carbons (Fsp3) is 0.0909. The van der Waals surface area contributed by atoms with E-state index in [-0.39, 0.29) is 12.2 Å². The van der Waals surface area contributed by atoms with Crippen LogP contribution < -0.4 is 15.6 Å². The standard InChI is InChI=1S/C22H16ClF3N2O3/c23-16-9-11-17(12-10-16)31-13-14-5-7-15(8-6-14)20(29)27-28-21(30)18-3-1-2-4-19(18)22(24,25)26/h1-12H,13H2,(H,27,29)(H,28,30). The first-order valence-electron chi connectivity index (χ1n) is 8.98. The maximum Gasteiger partial charge on any atom is 0.417 e. The van der Waals surface area contributed by atoms with E-state index in [0.29, 0.717) is 10.8 Å². The molecule has 3 aromatic rings. The van der Waals surface area contributed by atoms with E-state index in [1.165, 1.54) is 24.3 Å². The molecule has 0 spiro atoms. The lowest BCUT2D eigenvalue weighted by atomic mass is 10.1. The lowest BCUT2D eigenvalue weighted by Gasteiger charge is -2.13. The number of benzene rings is 3. The Balaban J connectivity index is 1.56. The summed E-state index contributed by atoms with van der Waals surface area (Å²) in [6.07, 6.45) is -4.69. The first-order chi connectivity index (χ1) is 14.7. The fourth-order valence-corrected chi connectivity index (χ4v) is 2.76. The molecule has 0 radical (unpaired) electrons. The van der Waals surface area contributed by atoms with Crippen molar-refractivity contribution in [3.63, 3.8) is 0 Å². The summed E-state index contributed by atoms with van der Waals surface area (Å²) in [4.78, 5) is 24.3. The Morgan fingerprint density at radius 1 is 0.839 bits per heavy atom. The Hall–Kier alpha value is -3.52. The molecule has 0 unspecified atom stereocenters. The third-order valence-electron chi connectivity index (χ3n) is 4.20. The van der Waals surface area contributed by atoms with Crippen LogP contribution in [0.2, 0.25) is 5.02 Å². The van der Waals surface area contributed by atoms with Crippen LogP contribution >= 0.6 is 11.6 Å². The fourth-order valence-electron chi connectivity index (χ4n) is 2.63. The van der Waals surface area contributed by atoms with Gasteiger partial charge in [-0.05, 0) is 54.1 Å². The maximum atomic E-state index is 13.0. The Bertz CT molecular complexity index is 1070. The summed E-state index contributed by atoms with van der Waals surface area (Å²) in [6.45, 7) is 0.258. The molecule has 0 bridgehead atoms. The zero-order valence-electron chi connectivity index (χ0n) is 15.9. The van der Waals surface area contributed by atoms with E-state index in [4.69, 9.17) is 16.3 Å². The average Bonchev–Trinajstić information content (AvgIpc) is 2.76. The second-order valence-electron chi connectivity index (χ2n) is 6.39. The van der Waals surface area contributed by atoms with Crippen molar-refractivity contribution in [1.82, 2.24) is 10.9 Å². The van der Waals surface area contributed by atoms with Gasteiger partial charge >= 0.3 is 6.18 Å². The smallest absolute Gasteiger partial charge is 0.417 e. The van der Waals surface area contributed by atoms with Crippen LogP contribution in [0.5, 0.6) is 5.75 Å². The molecule has 0 saturated carbocycles. The molecule has 0 atom stereocenters. The van der Waals surface area contributed by atoms with Crippen LogP contribution in [-0.2, 0) is 12.8 Å². The average molecular weight is 449 g/mol. The Kier molecular flexibility index (Phi) is 6.81. The number of hydrogen-bond donors (Lipinski definition) is 2. The van der Waals surface area contributed by atoms with Crippen molar-refractivity contribution < 1.29 is 27.5 Å². The van der Waals surface area contributed by atoms with Gasteiger partial charge in [0.05, 0.1) is 11.1 Å². The third kappa shape index (κ3) is 5.99. The molecule has 3 aromatic carbocycles. The second kappa shape index (κ2) is 9.53. The number of rotatable bonds is 5. The number of halogens is 4. The number of nitrogens with one attached hydrogen (secondary N) is 2. The van der Waals surface area contributed by atoms with Gasteiger partial charge in [-0.15, -0.1) is 0 Å². The van der Waals surface area contributed by atoms with E-state index < -0.39 is 29.1 Å². The number of hydrazine groups is 1. The minimum Gasteiger partial charge on any atom is -0.489 e. The van der Waals surface area contributed by atoms with E-state index in [1.807, 2.05) is 5.43 Å². The summed E-state index contributed by atoms with van der Waals surface area (Å²) >= 11 is 5.81. The summed E-state index contributed by atoms with van der Waals surface area (Å²) in [6, 6.07) is 17.5. The molecule has 160 valence electrons. The van der Waals surface area contributed by atoms with E-state index >= 15 is 0 Å². The highest BCUT2D eigenvalue weighted by atomic mass is 35.5. The lowest BCUT2D eigenvalue weighted by Crippen LogP contribution is -2.42. The van der Waals surface area contributed by atoms with Crippen molar-refractivity contribution >= 4 is 23.4 Å². The van der Waals surface area contributed by atoms with Gasteiger partial charge in [-0.1, -0.05) is 35.9 Å². The number of alkyl halides is 3. The molecular formula is C22H16ClF3N2O3. The van der Waals surface area contributed by atoms with E-state index in [1.54, 1.807) is 36.4 Å². The quantitative estimate of drug-likeness (QED) is 0.539. The van der Waals surface area contributed by atoms with E-state index in [2.05, 4.69) is 5.43 Å². The molecule has 2 N–H and O–H groups in total. The highest BCUT2D eigenvalue weighted by molar-refractivity contribution is 6.30. The molecule has 0 aliphatic heterocycles. The minimum absolute atomic E-state index is 0.208. The highest BCUT2D eigenvalue weighted by Gasteiger charge is 2.34. The molecule has 2 amide bonds. The van der Waals surface area contributed by atoms with Crippen molar-refractivity contribution in [2.45, 2.75) is 12.8 Å². The van der Waals surface area contributed by atoms with Crippen molar-refractivity contribution in [2.24, 2.45) is 0 Å². The van der Waals surface area contributed by atoms with Gasteiger partial charge in [0.2, 0.25) is 0 Å². The van der Waals surface area contributed by atoms with Crippen molar-refractivity contribution in [3.8, 4) is 5.75 Å². The van der Waals surface area contributed by atoms with Crippen LogP contribution in [-0.4, -0.2) is 11.8 Å². The van der Waals surface area contributed by atoms with Gasteiger partial charge in [0.25, 0.3) is 11.8 Å². The summed E-state index contributed by atoms with van der Waals surface area (Å²) in [5.41, 5.74) is 3.42. The van der Waals surface area contributed by atoms with Crippen LogP contribution in [0, 0.1) is 0 Å². The van der Waals surface area contributed by atoms with Crippen LogP contribution in [0.3, 0.4) is 0 Å². The van der Waals surface area contributed by atoms with Crippen molar-refractivity contribution in [1.29, 1.82) is 0 Å². The number of hydrogen-bond acceptors (Lipinski definition) is 3. The second-order valence-corrected chi connectivity index (χ2v) is 6.83. The van der Waals surface area contributed by atoms with Gasteiger partial charge in [-0.3, -0.25) is 20.4 Å². The minimum atomic E-state index is -4.69. The molecule has 0 saturated heterocycles. The zero-order valence-corrected chi connectivity index (χ0v) is 16.6. The molecule has 0 fully saturated rings. The van der Waals surface area contributed by atoms with Crippen LogP contribution in [0.4, 0.5) is 13.2 Å². The molecule has 0 aromatic heterocycles. The normalized spacial score (nSPS) is 11.0. The first-order valence-corrected chi connectivity index (χ1v) is 9.36. The van der Waals surface area contributed by atoms with Gasteiger partial charge < -0.3 is 4.74 Å². The molecule has 3 rings (SSSR count). The summed E-state index contributed by atoms with van der Waals surface area (Å²) < 4.78 is 44.7. The first kappa shape index (κ1) is 22.2. The molecule has 5 nitrogen and oxygen atoms in total. The van der Waals surface area contributed by atoms with Gasteiger partial charge in [-0.2, -0.15) is 13.2 Å². The summed E-state index contributed by atoms with van der Waals surface area (Å²) in [5, 5.41) is 0.594.